The molecular weight excluding hydrogens is 488 g/mol. The fourth-order valence-corrected chi connectivity index (χ4v) is 6.65. The Balaban J connectivity index is 1.16. The summed E-state index contributed by atoms with van der Waals surface area (Å²) >= 11 is 6.74. The van der Waals surface area contributed by atoms with Crippen LogP contribution in [0.25, 0.3) is 10.8 Å². The second-order valence-electron chi connectivity index (χ2n) is 11.1. The topological polar surface area (TPSA) is 87.6 Å². The predicted octanol–water partition coefficient (Wildman–Crippen LogP) is 4.60. The lowest BCUT2D eigenvalue weighted by Crippen LogP contribution is -2.56. The number of benzene rings is 1. The average Bonchev–Trinajstić information content (AvgIpc) is 3.47. The molecule has 0 unspecified atom stereocenters. The monoisotopic (exact) mass is 520 g/mol. The Labute approximate surface area is 222 Å². The number of nitrogens with one attached hydrogen (secondary N) is 1. The van der Waals surface area contributed by atoms with E-state index < -0.39 is 6.10 Å². The Morgan fingerprint density at radius 2 is 2.00 bits per heavy atom. The van der Waals surface area contributed by atoms with Gasteiger partial charge < -0.3 is 15.2 Å². The van der Waals surface area contributed by atoms with Crippen LogP contribution in [0.15, 0.2) is 48.8 Å². The van der Waals surface area contributed by atoms with E-state index in [-0.39, 0.29) is 29.2 Å². The van der Waals surface area contributed by atoms with E-state index >= 15 is 0 Å². The van der Waals surface area contributed by atoms with Crippen LogP contribution in [0, 0.1) is 11.8 Å². The van der Waals surface area contributed by atoms with Gasteiger partial charge in [0.15, 0.2) is 0 Å². The number of carbonyl (C=O) groups excluding carboxylic acids is 1. The van der Waals surface area contributed by atoms with Crippen molar-refractivity contribution in [3.8, 4) is 0 Å². The zero-order valence-electron chi connectivity index (χ0n) is 21.2. The SMILES string of the molecule is C[C@@H]1[C@H](C(=O)Nc2cc3cc(C4CCN([C@@]5(C)COC[C@H]5O)CC4)c(Cl)cc3cn2)[C@@H]1c1ccccn1. The van der Waals surface area contributed by atoms with Crippen molar-refractivity contribution < 1.29 is 14.6 Å². The van der Waals surface area contributed by atoms with Crippen LogP contribution in [-0.4, -0.2) is 63.8 Å². The molecule has 2 N–H and O–H groups in total. The molecule has 1 saturated carbocycles. The van der Waals surface area contributed by atoms with E-state index in [9.17, 15) is 9.90 Å². The molecule has 1 aromatic carbocycles. The van der Waals surface area contributed by atoms with Gasteiger partial charge in [0.1, 0.15) is 5.82 Å². The lowest BCUT2D eigenvalue weighted by molar-refractivity contribution is -0.117. The Morgan fingerprint density at radius 3 is 2.70 bits per heavy atom. The molecule has 2 aromatic heterocycles. The number of amides is 1. The predicted molar refractivity (Wildman–Crippen MR) is 144 cm³/mol. The number of rotatable bonds is 5. The van der Waals surface area contributed by atoms with Crippen LogP contribution in [0.1, 0.15) is 49.8 Å². The molecule has 3 aromatic rings. The highest BCUT2D eigenvalue weighted by atomic mass is 35.5. The largest absolute Gasteiger partial charge is 0.389 e. The summed E-state index contributed by atoms with van der Waals surface area (Å²) in [4.78, 5) is 24.3. The van der Waals surface area contributed by atoms with Gasteiger partial charge >= 0.3 is 0 Å². The zero-order valence-corrected chi connectivity index (χ0v) is 22.0. The smallest absolute Gasteiger partial charge is 0.229 e. The van der Waals surface area contributed by atoms with Crippen LogP contribution in [-0.2, 0) is 9.53 Å². The number of pyridine rings is 2. The van der Waals surface area contributed by atoms with Crippen LogP contribution in [0.3, 0.4) is 0 Å². The number of ether oxygens (including phenoxy) is 1. The number of carbonyl (C=O) groups is 1. The van der Waals surface area contributed by atoms with Gasteiger partial charge in [0.25, 0.3) is 0 Å². The van der Waals surface area contributed by atoms with Gasteiger partial charge in [-0.05, 0) is 86.0 Å². The summed E-state index contributed by atoms with van der Waals surface area (Å²) < 4.78 is 5.54. The van der Waals surface area contributed by atoms with Crippen LogP contribution < -0.4 is 5.32 Å². The third-order valence-corrected chi connectivity index (χ3v) is 9.17. The maximum absolute atomic E-state index is 13.0. The van der Waals surface area contributed by atoms with Gasteiger partial charge in [-0.25, -0.2) is 4.98 Å². The van der Waals surface area contributed by atoms with Gasteiger partial charge in [0.05, 0.1) is 30.8 Å². The summed E-state index contributed by atoms with van der Waals surface area (Å²) in [6, 6.07) is 11.9. The third kappa shape index (κ3) is 4.52. The van der Waals surface area contributed by atoms with Crippen molar-refractivity contribution in [2.24, 2.45) is 11.8 Å². The quantitative estimate of drug-likeness (QED) is 0.511. The highest BCUT2D eigenvalue weighted by molar-refractivity contribution is 6.32. The van der Waals surface area contributed by atoms with Gasteiger partial charge in [-0.15, -0.1) is 0 Å². The highest BCUT2D eigenvalue weighted by Crippen LogP contribution is 2.53. The minimum atomic E-state index is -0.452. The average molecular weight is 521 g/mol. The minimum absolute atomic E-state index is 0.0110. The standard InChI is InChI=1S/C29H33ClN4O3/c1-17-26(23-5-3-4-8-31-23)27(17)28(36)33-25-13-19-11-21(22(30)12-20(19)14-32-25)18-6-9-34(10-7-18)29(2)16-37-15-24(29)35/h3-5,8,11-14,17-18,24,26-27,35H,6-7,9-10,15-16H2,1-2H3,(H,32,33,36)/t17-,24+,26-,27-,29-/m0/s1. The molecule has 0 radical (unpaired) electrons. The normalized spacial score (nSPS) is 30.5. The number of fused-ring (bicyclic) bond motifs is 1. The first-order chi connectivity index (χ1) is 17.8. The van der Waals surface area contributed by atoms with Crippen molar-refractivity contribution in [1.29, 1.82) is 0 Å². The maximum atomic E-state index is 13.0. The summed E-state index contributed by atoms with van der Waals surface area (Å²) in [5, 5.41) is 16.2. The number of likely N-dealkylation sites (tertiary alicyclic amines) is 1. The Bertz CT molecular complexity index is 1310. The maximum Gasteiger partial charge on any atom is 0.229 e. The van der Waals surface area contributed by atoms with Crippen LogP contribution in [0.2, 0.25) is 5.02 Å². The molecule has 7 nitrogen and oxygen atoms in total. The van der Waals surface area contributed by atoms with E-state index in [2.05, 4.69) is 40.1 Å². The third-order valence-electron chi connectivity index (χ3n) is 8.84. The second-order valence-corrected chi connectivity index (χ2v) is 11.5. The van der Waals surface area contributed by atoms with Crippen molar-refractivity contribution in [2.75, 3.05) is 31.6 Å². The molecule has 37 heavy (non-hydrogen) atoms. The molecule has 3 aliphatic rings. The fraction of sp³-hybridized carbons (Fsp3) is 0.483. The molecular formula is C29H33ClN4O3. The summed E-state index contributed by atoms with van der Waals surface area (Å²) in [7, 11) is 0. The first-order valence-electron chi connectivity index (χ1n) is 13.2. The Hall–Kier alpha value is -2.58. The molecule has 1 amide bonds. The number of aliphatic hydroxyl groups is 1. The summed E-state index contributed by atoms with van der Waals surface area (Å²) in [6.45, 7) is 6.95. The summed E-state index contributed by atoms with van der Waals surface area (Å²) in [5.74, 6) is 1.20. The number of aromatic nitrogens is 2. The number of hydrogen-bond acceptors (Lipinski definition) is 6. The van der Waals surface area contributed by atoms with E-state index in [1.807, 2.05) is 30.3 Å². The van der Waals surface area contributed by atoms with Crippen molar-refractivity contribution >= 4 is 34.1 Å². The summed E-state index contributed by atoms with van der Waals surface area (Å²) in [5.41, 5.74) is 1.79. The number of halogens is 1. The molecule has 2 saturated heterocycles. The van der Waals surface area contributed by atoms with Crippen molar-refractivity contribution in [3.63, 3.8) is 0 Å². The van der Waals surface area contributed by atoms with E-state index in [0.717, 1.165) is 53.0 Å². The van der Waals surface area contributed by atoms with Gasteiger partial charge in [-0.3, -0.25) is 14.7 Å². The van der Waals surface area contributed by atoms with Crippen molar-refractivity contribution in [1.82, 2.24) is 14.9 Å². The molecule has 194 valence electrons. The molecule has 2 aliphatic heterocycles. The second kappa shape index (κ2) is 9.62. The Kier molecular flexibility index (Phi) is 6.43. The van der Waals surface area contributed by atoms with Crippen LogP contribution in [0.4, 0.5) is 5.82 Å². The first kappa shape index (κ1) is 24.7. The lowest BCUT2D eigenvalue weighted by atomic mass is 9.85. The number of nitrogens with zero attached hydrogens (tertiary/aromatic N) is 3. The molecule has 4 heterocycles. The van der Waals surface area contributed by atoms with E-state index in [0.29, 0.717) is 24.9 Å². The minimum Gasteiger partial charge on any atom is -0.389 e. The number of anilines is 1. The van der Waals surface area contributed by atoms with Crippen molar-refractivity contribution in [3.05, 3.63) is 65.1 Å². The van der Waals surface area contributed by atoms with E-state index in [4.69, 9.17) is 16.3 Å². The van der Waals surface area contributed by atoms with Gasteiger partial charge in [0, 0.05) is 34.4 Å². The van der Waals surface area contributed by atoms with Crippen molar-refractivity contribution in [2.45, 2.75) is 50.2 Å². The zero-order chi connectivity index (χ0) is 25.7. The fourth-order valence-electron chi connectivity index (χ4n) is 6.32. The van der Waals surface area contributed by atoms with E-state index in [1.165, 1.54) is 0 Å². The highest BCUT2D eigenvalue weighted by Gasteiger charge is 2.53. The first-order valence-corrected chi connectivity index (χ1v) is 13.5. The molecule has 3 fully saturated rings. The lowest BCUT2D eigenvalue weighted by Gasteiger charge is -2.43. The summed E-state index contributed by atoms with van der Waals surface area (Å²) in [6.07, 6.45) is 5.04. The van der Waals surface area contributed by atoms with Crippen LogP contribution >= 0.6 is 11.6 Å². The molecule has 6 rings (SSSR count). The molecule has 0 bridgehead atoms. The number of aliphatic hydroxyl groups excluding tert-OH is 1. The van der Waals surface area contributed by atoms with E-state index in [1.54, 1.807) is 12.4 Å². The number of hydrogen-bond donors (Lipinski definition) is 2. The Morgan fingerprint density at radius 1 is 1.19 bits per heavy atom. The van der Waals surface area contributed by atoms with Gasteiger partial charge in [-0.2, -0.15) is 0 Å². The number of piperidine rings is 1. The molecule has 5 atom stereocenters. The molecule has 1 aliphatic carbocycles. The molecule has 8 heteroatoms. The molecule has 0 spiro atoms. The van der Waals surface area contributed by atoms with Gasteiger partial charge in [0.2, 0.25) is 5.91 Å². The van der Waals surface area contributed by atoms with Crippen LogP contribution in [0.5, 0.6) is 0 Å². The van der Waals surface area contributed by atoms with Gasteiger partial charge in [-0.1, -0.05) is 24.6 Å².